The standard InChI is InChI=1S/C15H22ClNO3S/c1-12(9-16)11-21(18,19)17(14-5-6-14)10-13-3-7-15(20-2)8-4-13/h3-4,7-8,12,14H,5-6,9-11H2,1-2H3. The molecule has 0 spiro atoms. The Labute approximate surface area is 132 Å². The Bertz CT molecular complexity index is 555. The van der Waals surface area contributed by atoms with Crippen LogP contribution < -0.4 is 4.74 Å². The van der Waals surface area contributed by atoms with Crippen LogP contribution in [0.3, 0.4) is 0 Å². The molecule has 1 aromatic carbocycles. The Morgan fingerprint density at radius 1 is 1.33 bits per heavy atom. The SMILES string of the molecule is COc1ccc(CN(C2CC2)S(=O)(=O)CC(C)CCl)cc1. The molecule has 21 heavy (non-hydrogen) atoms. The normalized spacial score (nSPS) is 17.0. The number of alkyl halides is 1. The van der Waals surface area contributed by atoms with E-state index in [2.05, 4.69) is 0 Å². The minimum atomic E-state index is -3.27. The van der Waals surface area contributed by atoms with Crippen LogP contribution in [0.2, 0.25) is 0 Å². The molecule has 1 fully saturated rings. The van der Waals surface area contributed by atoms with Crippen molar-refractivity contribution in [2.24, 2.45) is 5.92 Å². The monoisotopic (exact) mass is 331 g/mol. The van der Waals surface area contributed by atoms with Crippen molar-refractivity contribution in [3.05, 3.63) is 29.8 Å². The van der Waals surface area contributed by atoms with Gasteiger partial charge in [0, 0.05) is 18.5 Å². The Morgan fingerprint density at radius 2 is 1.95 bits per heavy atom. The Balaban J connectivity index is 2.11. The van der Waals surface area contributed by atoms with E-state index in [1.807, 2.05) is 31.2 Å². The fraction of sp³-hybridized carbons (Fsp3) is 0.600. The van der Waals surface area contributed by atoms with E-state index in [1.165, 1.54) is 0 Å². The molecular weight excluding hydrogens is 310 g/mol. The molecule has 1 atom stereocenters. The summed E-state index contributed by atoms with van der Waals surface area (Å²) in [5, 5.41) is 0. The van der Waals surface area contributed by atoms with Crippen molar-refractivity contribution in [1.29, 1.82) is 0 Å². The minimum absolute atomic E-state index is 0.0335. The van der Waals surface area contributed by atoms with Crippen LogP contribution in [0.15, 0.2) is 24.3 Å². The first-order chi connectivity index (χ1) is 9.96. The van der Waals surface area contributed by atoms with E-state index in [0.717, 1.165) is 24.2 Å². The van der Waals surface area contributed by atoms with Gasteiger partial charge in [-0.3, -0.25) is 0 Å². The van der Waals surface area contributed by atoms with Gasteiger partial charge in [0.2, 0.25) is 10.0 Å². The third-order valence-electron chi connectivity index (χ3n) is 3.57. The van der Waals surface area contributed by atoms with Gasteiger partial charge in [-0.05, 0) is 36.5 Å². The molecule has 0 aromatic heterocycles. The summed E-state index contributed by atoms with van der Waals surface area (Å²) in [5.41, 5.74) is 0.977. The molecule has 0 aliphatic heterocycles. The molecule has 2 rings (SSSR count). The van der Waals surface area contributed by atoms with Crippen LogP contribution in [0.1, 0.15) is 25.3 Å². The third kappa shape index (κ3) is 4.59. The van der Waals surface area contributed by atoms with Gasteiger partial charge in [-0.2, -0.15) is 4.31 Å². The number of methoxy groups -OCH3 is 1. The van der Waals surface area contributed by atoms with Crippen LogP contribution in [0, 0.1) is 5.92 Å². The summed E-state index contributed by atoms with van der Waals surface area (Å²) in [5.74, 6) is 1.22. The van der Waals surface area contributed by atoms with Crippen molar-refractivity contribution in [1.82, 2.24) is 4.31 Å². The maximum Gasteiger partial charge on any atom is 0.214 e. The van der Waals surface area contributed by atoms with Gasteiger partial charge in [0.15, 0.2) is 0 Å². The second-order valence-corrected chi connectivity index (χ2v) is 7.94. The molecule has 0 heterocycles. The summed E-state index contributed by atoms with van der Waals surface area (Å²) in [6.45, 7) is 2.29. The number of hydrogen-bond acceptors (Lipinski definition) is 3. The number of nitrogens with zero attached hydrogens (tertiary/aromatic N) is 1. The number of halogens is 1. The summed E-state index contributed by atoms with van der Waals surface area (Å²) < 4.78 is 31.9. The quantitative estimate of drug-likeness (QED) is 0.688. The summed E-state index contributed by atoms with van der Waals surface area (Å²) in [7, 11) is -1.65. The highest BCUT2D eigenvalue weighted by Crippen LogP contribution is 2.32. The number of ether oxygens (including phenoxy) is 1. The van der Waals surface area contributed by atoms with Crippen LogP contribution in [0.4, 0.5) is 0 Å². The van der Waals surface area contributed by atoms with Gasteiger partial charge >= 0.3 is 0 Å². The van der Waals surface area contributed by atoms with Crippen LogP contribution in [0.5, 0.6) is 5.75 Å². The Morgan fingerprint density at radius 3 is 2.43 bits per heavy atom. The zero-order valence-corrected chi connectivity index (χ0v) is 14.0. The second kappa shape index (κ2) is 6.99. The van der Waals surface area contributed by atoms with Crippen LogP contribution >= 0.6 is 11.6 Å². The highest BCUT2D eigenvalue weighted by Gasteiger charge is 2.37. The molecule has 4 nitrogen and oxygen atoms in total. The lowest BCUT2D eigenvalue weighted by molar-refractivity contribution is 0.393. The van der Waals surface area contributed by atoms with E-state index in [4.69, 9.17) is 16.3 Å². The zero-order chi connectivity index (χ0) is 15.5. The van der Waals surface area contributed by atoms with Crippen molar-refractivity contribution in [3.63, 3.8) is 0 Å². The van der Waals surface area contributed by atoms with E-state index in [0.29, 0.717) is 12.4 Å². The van der Waals surface area contributed by atoms with Crippen molar-refractivity contribution >= 4 is 21.6 Å². The van der Waals surface area contributed by atoms with Crippen molar-refractivity contribution in [2.45, 2.75) is 32.4 Å². The lowest BCUT2D eigenvalue weighted by atomic mass is 10.2. The largest absolute Gasteiger partial charge is 0.497 e. The average molecular weight is 332 g/mol. The Hall–Kier alpha value is -0.780. The molecule has 0 radical (unpaired) electrons. The third-order valence-corrected chi connectivity index (χ3v) is 6.23. The van der Waals surface area contributed by atoms with E-state index < -0.39 is 10.0 Å². The topological polar surface area (TPSA) is 46.6 Å². The smallest absolute Gasteiger partial charge is 0.214 e. The van der Waals surface area contributed by atoms with Crippen LogP contribution in [-0.2, 0) is 16.6 Å². The lowest BCUT2D eigenvalue weighted by Gasteiger charge is -2.23. The van der Waals surface area contributed by atoms with Gasteiger partial charge in [0.05, 0.1) is 12.9 Å². The first-order valence-electron chi connectivity index (χ1n) is 7.14. The molecule has 6 heteroatoms. The molecule has 1 aliphatic carbocycles. The fourth-order valence-corrected chi connectivity index (χ4v) is 4.51. The fourth-order valence-electron chi connectivity index (χ4n) is 2.23. The number of sulfonamides is 1. The van der Waals surface area contributed by atoms with Crippen molar-refractivity contribution in [2.75, 3.05) is 18.7 Å². The molecule has 0 bridgehead atoms. The maximum absolute atomic E-state index is 12.6. The van der Waals surface area contributed by atoms with Gasteiger partial charge in [0.25, 0.3) is 0 Å². The first kappa shape index (κ1) is 16.6. The van der Waals surface area contributed by atoms with E-state index >= 15 is 0 Å². The predicted octanol–water partition coefficient (Wildman–Crippen LogP) is 2.86. The van der Waals surface area contributed by atoms with E-state index in [-0.39, 0.29) is 17.7 Å². The van der Waals surface area contributed by atoms with Gasteiger partial charge in [0.1, 0.15) is 5.75 Å². The van der Waals surface area contributed by atoms with Gasteiger partial charge in [-0.1, -0.05) is 19.1 Å². The van der Waals surface area contributed by atoms with E-state index in [1.54, 1.807) is 11.4 Å². The zero-order valence-electron chi connectivity index (χ0n) is 12.5. The highest BCUT2D eigenvalue weighted by molar-refractivity contribution is 7.89. The van der Waals surface area contributed by atoms with Crippen LogP contribution in [0.25, 0.3) is 0 Å². The molecule has 0 N–H and O–H groups in total. The summed E-state index contributed by atoms with van der Waals surface area (Å²) in [4.78, 5) is 0. The number of benzene rings is 1. The van der Waals surface area contributed by atoms with Gasteiger partial charge in [-0.15, -0.1) is 11.6 Å². The summed E-state index contributed by atoms with van der Waals surface area (Å²) in [6.07, 6.45) is 1.90. The summed E-state index contributed by atoms with van der Waals surface area (Å²) >= 11 is 5.75. The molecule has 1 aliphatic rings. The van der Waals surface area contributed by atoms with Crippen molar-refractivity contribution in [3.8, 4) is 5.75 Å². The molecular formula is C15H22ClNO3S. The molecule has 0 saturated heterocycles. The Kier molecular flexibility index (Phi) is 5.52. The maximum atomic E-state index is 12.6. The summed E-state index contributed by atoms with van der Waals surface area (Å²) in [6, 6.07) is 7.69. The second-order valence-electron chi connectivity index (χ2n) is 5.66. The number of rotatable bonds is 8. The molecule has 118 valence electrons. The van der Waals surface area contributed by atoms with Gasteiger partial charge < -0.3 is 4.74 Å². The van der Waals surface area contributed by atoms with Gasteiger partial charge in [-0.25, -0.2) is 8.42 Å². The minimum Gasteiger partial charge on any atom is -0.497 e. The lowest BCUT2D eigenvalue weighted by Crippen LogP contribution is -2.36. The van der Waals surface area contributed by atoms with Crippen LogP contribution in [-0.4, -0.2) is 37.5 Å². The first-order valence-corrected chi connectivity index (χ1v) is 9.29. The molecule has 1 unspecified atom stereocenters. The highest BCUT2D eigenvalue weighted by atomic mass is 35.5. The predicted molar refractivity (Wildman–Crippen MR) is 85.2 cm³/mol. The molecule has 1 saturated carbocycles. The molecule has 1 aromatic rings. The molecule has 0 amide bonds. The van der Waals surface area contributed by atoms with Crippen molar-refractivity contribution < 1.29 is 13.2 Å². The number of hydrogen-bond donors (Lipinski definition) is 0. The average Bonchev–Trinajstić information content (AvgIpc) is 3.29. The van der Waals surface area contributed by atoms with E-state index in [9.17, 15) is 8.42 Å².